The van der Waals surface area contributed by atoms with E-state index in [0.717, 1.165) is 6.54 Å². The maximum absolute atomic E-state index is 14.2. The van der Waals surface area contributed by atoms with E-state index in [2.05, 4.69) is 17.4 Å². The Morgan fingerprint density at radius 2 is 1.96 bits per heavy atom. The summed E-state index contributed by atoms with van der Waals surface area (Å²) in [5.41, 5.74) is 1.87. The number of nitrogens with one attached hydrogen (secondary N) is 1. The van der Waals surface area contributed by atoms with Crippen LogP contribution in [0.2, 0.25) is 0 Å². The number of hydrogen-bond donors (Lipinski definition) is 1. The molecule has 5 rings (SSSR count). The molecule has 2 aromatic carbocycles. The predicted octanol–water partition coefficient (Wildman–Crippen LogP) is 4.20. The van der Waals surface area contributed by atoms with Crippen molar-refractivity contribution in [1.29, 1.82) is 0 Å². The monoisotopic (exact) mass is 352 g/mol. The standard InChI is InChI=1S/C21H21FN2O2/c22-15-8-4-9-17-18(15)16(12-26-17)23-20(25)24-13-21(10-5-11-21)19(24)14-6-2-1-3-7-14/h1-4,6-9,16,19H,5,10-13H2,(H,23,25). The Bertz CT molecular complexity index is 850. The molecular formula is C21H21FN2O2. The molecule has 2 heterocycles. The van der Waals surface area contributed by atoms with Crippen LogP contribution >= 0.6 is 0 Å². The molecule has 1 spiro atoms. The zero-order valence-corrected chi connectivity index (χ0v) is 14.5. The number of nitrogens with zero attached hydrogens (tertiary/aromatic N) is 1. The van der Waals surface area contributed by atoms with Crippen molar-refractivity contribution in [3.63, 3.8) is 0 Å². The molecule has 4 nitrogen and oxygen atoms in total. The van der Waals surface area contributed by atoms with Crippen molar-refractivity contribution in [2.24, 2.45) is 5.41 Å². The van der Waals surface area contributed by atoms with Gasteiger partial charge in [-0.1, -0.05) is 42.8 Å². The van der Waals surface area contributed by atoms with Gasteiger partial charge in [0.1, 0.15) is 18.2 Å². The third-order valence-corrected chi connectivity index (χ3v) is 6.17. The third kappa shape index (κ3) is 2.23. The second kappa shape index (κ2) is 5.73. The van der Waals surface area contributed by atoms with E-state index in [9.17, 15) is 9.18 Å². The van der Waals surface area contributed by atoms with Crippen molar-refractivity contribution in [3.05, 3.63) is 65.5 Å². The van der Waals surface area contributed by atoms with E-state index in [1.165, 1.54) is 30.9 Å². The number of carbonyl (C=O) groups excluding carboxylic acids is 1. The Morgan fingerprint density at radius 3 is 2.69 bits per heavy atom. The Morgan fingerprint density at radius 1 is 1.15 bits per heavy atom. The summed E-state index contributed by atoms with van der Waals surface area (Å²) in [7, 11) is 0. The van der Waals surface area contributed by atoms with E-state index in [0.29, 0.717) is 11.3 Å². The van der Waals surface area contributed by atoms with Gasteiger partial charge in [-0.3, -0.25) is 0 Å². The lowest BCUT2D eigenvalue weighted by atomic mass is 9.56. The first kappa shape index (κ1) is 15.7. The lowest BCUT2D eigenvalue weighted by Crippen LogP contribution is -2.65. The van der Waals surface area contributed by atoms with Gasteiger partial charge in [0.25, 0.3) is 0 Å². The van der Waals surface area contributed by atoms with Gasteiger partial charge in [-0.05, 0) is 30.5 Å². The number of likely N-dealkylation sites (tertiary alicyclic amines) is 1. The molecule has 2 aromatic rings. The number of hydrogen-bond acceptors (Lipinski definition) is 2. The predicted molar refractivity (Wildman–Crippen MR) is 95.3 cm³/mol. The molecule has 2 atom stereocenters. The maximum Gasteiger partial charge on any atom is 0.318 e. The molecule has 3 aliphatic rings. The average Bonchev–Trinajstić information content (AvgIpc) is 2.98. The Balaban J connectivity index is 1.37. The molecule has 5 heteroatoms. The first-order valence-corrected chi connectivity index (χ1v) is 9.21. The molecule has 134 valence electrons. The molecule has 0 radical (unpaired) electrons. The minimum atomic E-state index is -0.437. The van der Waals surface area contributed by atoms with Crippen LogP contribution < -0.4 is 10.1 Å². The fourth-order valence-electron chi connectivity index (χ4n) is 4.74. The van der Waals surface area contributed by atoms with E-state index in [1.54, 1.807) is 12.1 Å². The highest BCUT2D eigenvalue weighted by molar-refractivity contribution is 5.77. The van der Waals surface area contributed by atoms with Crippen LogP contribution in [0.15, 0.2) is 48.5 Å². The lowest BCUT2D eigenvalue weighted by Gasteiger charge is -2.62. The number of fused-ring (bicyclic) bond motifs is 1. The minimum absolute atomic E-state index is 0.111. The van der Waals surface area contributed by atoms with E-state index < -0.39 is 6.04 Å². The average molecular weight is 352 g/mol. The third-order valence-electron chi connectivity index (χ3n) is 6.17. The highest BCUT2D eigenvalue weighted by Crippen LogP contribution is 2.60. The second-order valence-electron chi connectivity index (χ2n) is 7.62. The summed E-state index contributed by atoms with van der Waals surface area (Å²) in [5.74, 6) is 0.193. The minimum Gasteiger partial charge on any atom is -0.491 e. The second-order valence-corrected chi connectivity index (χ2v) is 7.62. The summed E-state index contributed by atoms with van der Waals surface area (Å²) < 4.78 is 19.7. The van der Waals surface area contributed by atoms with E-state index in [4.69, 9.17) is 4.74 Å². The number of amides is 2. The highest BCUT2D eigenvalue weighted by Gasteiger charge is 2.58. The van der Waals surface area contributed by atoms with Crippen LogP contribution in [0.5, 0.6) is 5.75 Å². The van der Waals surface area contributed by atoms with Crippen molar-refractivity contribution >= 4 is 6.03 Å². The summed E-state index contributed by atoms with van der Waals surface area (Å²) >= 11 is 0. The number of carbonyl (C=O) groups is 1. The Kier molecular flexibility index (Phi) is 3.45. The zero-order chi connectivity index (χ0) is 17.7. The van der Waals surface area contributed by atoms with Gasteiger partial charge in [-0.15, -0.1) is 0 Å². The van der Waals surface area contributed by atoms with Gasteiger partial charge in [0.2, 0.25) is 0 Å². The van der Waals surface area contributed by atoms with Gasteiger partial charge < -0.3 is 15.0 Å². The fraction of sp³-hybridized carbons (Fsp3) is 0.381. The summed E-state index contributed by atoms with van der Waals surface area (Å²) in [6.07, 6.45) is 3.56. The Labute approximate surface area is 152 Å². The van der Waals surface area contributed by atoms with Crippen LogP contribution in [0, 0.1) is 11.2 Å². The van der Waals surface area contributed by atoms with E-state index in [-0.39, 0.29) is 29.9 Å². The van der Waals surface area contributed by atoms with E-state index in [1.807, 2.05) is 23.1 Å². The maximum atomic E-state index is 14.2. The summed E-state index contributed by atoms with van der Waals surface area (Å²) in [4.78, 5) is 14.8. The van der Waals surface area contributed by atoms with Crippen LogP contribution in [0.25, 0.3) is 0 Å². The smallest absolute Gasteiger partial charge is 0.318 e. The summed E-state index contributed by atoms with van der Waals surface area (Å²) in [6, 6.07) is 14.5. The molecule has 1 N–H and O–H groups in total. The topological polar surface area (TPSA) is 41.6 Å². The van der Waals surface area contributed by atoms with Crippen LogP contribution in [0.1, 0.15) is 42.5 Å². The molecule has 1 saturated heterocycles. The lowest BCUT2D eigenvalue weighted by molar-refractivity contribution is -0.100. The Hall–Kier alpha value is -2.56. The van der Waals surface area contributed by atoms with Crippen LogP contribution in [0.4, 0.5) is 9.18 Å². The normalized spacial score (nSPS) is 25.0. The molecular weight excluding hydrogens is 331 g/mol. The molecule has 2 fully saturated rings. The van der Waals surface area contributed by atoms with Gasteiger partial charge in [-0.25, -0.2) is 9.18 Å². The van der Waals surface area contributed by atoms with Crippen molar-refractivity contribution in [1.82, 2.24) is 10.2 Å². The molecule has 1 aliphatic carbocycles. The molecule has 0 aromatic heterocycles. The summed E-state index contributed by atoms with van der Waals surface area (Å²) in [5, 5.41) is 2.99. The molecule has 2 aliphatic heterocycles. The van der Waals surface area contributed by atoms with Crippen molar-refractivity contribution < 1.29 is 13.9 Å². The number of benzene rings is 2. The number of urea groups is 1. The molecule has 1 saturated carbocycles. The number of rotatable bonds is 2. The number of ether oxygens (including phenoxy) is 1. The van der Waals surface area contributed by atoms with Gasteiger partial charge in [-0.2, -0.15) is 0 Å². The van der Waals surface area contributed by atoms with Crippen molar-refractivity contribution in [2.45, 2.75) is 31.3 Å². The van der Waals surface area contributed by atoms with Gasteiger partial charge in [0.15, 0.2) is 0 Å². The first-order chi connectivity index (χ1) is 12.7. The first-order valence-electron chi connectivity index (χ1n) is 9.21. The van der Waals surface area contributed by atoms with Crippen LogP contribution in [0.3, 0.4) is 0 Å². The van der Waals surface area contributed by atoms with Gasteiger partial charge >= 0.3 is 6.03 Å². The summed E-state index contributed by atoms with van der Waals surface area (Å²) in [6.45, 7) is 1.05. The quantitative estimate of drug-likeness (QED) is 0.880. The fourth-order valence-corrected chi connectivity index (χ4v) is 4.74. The molecule has 2 unspecified atom stereocenters. The number of halogens is 1. The zero-order valence-electron chi connectivity index (χ0n) is 14.5. The molecule has 0 bridgehead atoms. The van der Waals surface area contributed by atoms with Gasteiger partial charge in [0, 0.05) is 12.0 Å². The highest BCUT2D eigenvalue weighted by atomic mass is 19.1. The van der Waals surface area contributed by atoms with E-state index >= 15 is 0 Å². The van der Waals surface area contributed by atoms with Crippen molar-refractivity contribution in [2.75, 3.05) is 13.2 Å². The largest absolute Gasteiger partial charge is 0.491 e. The molecule has 26 heavy (non-hydrogen) atoms. The van der Waals surface area contributed by atoms with Crippen LogP contribution in [-0.4, -0.2) is 24.1 Å². The molecule has 2 amide bonds. The van der Waals surface area contributed by atoms with Gasteiger partial charge in [0.05, 0.1) is 17.6 Å². The van der Waals surface area contributed by atoms with Crippen molar-refractivity contribution in [3.8, 4) is 5.75 Å². The van der Waals surface area contributed by atoms with Crippen LogP contribution in [-0.2, 0) is 0 Å². The SMILES string of the molecule is O=C(NC1COc2cccc(F)c21)N1CC2(CCC2)C1c1ccccc1.